The van der Waals surface area contributed by atoms with E-state index in [4.69, 9.17) is 0 Å². The van der Waals surface area contributed by atoms with E-state index < -0.39 is 17.6 Å². The van der Waals surface area contributed by atoms with Gasteiger partial charge in [0.25, 0.3) is 5.72 Å². The van der Waals surface area contributed by atoms with Crippen LogP contribution in [0.2, 0.25) is 0 Å². The first-order valence-electron chi connectivity index (χ1n) is 7.45. The third-order valence-electron chi connectivity index (χ3n) is 3.84. The second-order valence-corrected chi connectivity index (χ2v) is 5.50. The molecule has 2 atom stereocenters. The number of nitrogens with zero attached hydrogens (tertiary/aromatic N) is 2. The fourth-order valence-corrected chi connectivity index (χ4v) is 2.44. The summed E-state index contributed by atoms with van der Waals surface area (Å²) in [5.74, 6) is -1.31. The minimum atomic E-state index is -2.45. The second kappa shape index (κ2) is 6.39. The number of rotatable bonds is 3. The van der Waals surface area contributed by atoms with E-state index in [2.05, 4.69) is 10.2 Å². The first-order valence-corrected chi connectivity index (χ1v) is 7.45. The summed E-state index contributed by atoms with van der Waals surface area (Å²) >= 11 is 0. The summed E-state index contributed by atoms with van der Waals surface area (Å²) in [4.78, 5) is 0. The molecule has 0 spiro atoms. The molecule has 2 aromatic rings. The van der Waals surface area contributed by atoms with Gasteiger partial charge < -0.3 is 25.5 Å². The van der Waals surface area contributed by atoms with Gasteiger partial charge in [0.2, 0.25) is 0 Å². The summed E-state index contributed by atoms with van der Waals surface area (Å²) in [6.45, 7) is 0. The Morgan fingerprint density at radius 1 is 0.880 bits per heavy atom. The Hall–Kier alpha value is -3.16. The molecule has 2 unspecified atom stereocenters. The van der Waals surface area contributed by atoms with Crippen LogP contribution in [0, 0.1) is 0 Å². The first kappa shape index (κ1) is 16.7. The van der Waals surface area contributed by atoms with Gasteiger partial charge in [-0.15, -0.1) is 10.2 Å². The molecule has 0 radical (unpaired) electrons. The lowest BCUT2D eigenvalue weighted by Gasteiger charge is -2.29. The van der Waals surface area contributed by atoms with Gasteiger partial charge in [-0.3, -0.25) is 0 Å². The molecule has 2 aromatic carbocycles. The summed E-state index contributed by atoms with van der Waals surface area (Å²) in [6, 6.07) is 12.7. The average Bonchev–Trinajstić information content (AvgIpc) is 2.60. The fraction of sp³-hybridized carbons (Fsp3) is 0.111. The molecule has 0 fully saturated rings. The predicted molar refractivity (Wildman–Crippen MR) is 90.4 cm³/mol. The zero-order chi connectivity index (χ0) is 18.0. The van der Waals surface area contributed by atoms with Gasteiger partial charge in [-0.1, -0.05) is 42.5 Å². The maximum atomic E-state index is 10.7. The van der Waals surface area contributed by atoms with Crippen molar-refractivity contribution in [3.8, 4) is 11.5 Å². The van der Waals surface area contributed by atoms with Crippen LogP contribution in [-0.4, -0.2) is 37.4 Å². The number of phenolic OH excluding ortho intramolecular Hbond substituents is 2. The Labute approximate surface area is 143 Å². The number of benzene rings is 2. The third-order valence-corrected chi connectivity index (χ3v) is 3.84. The third kappa shape index (κ3) is 2.98. The molecule has 0 bridgehead atoms. The highest BCUT2D eigenvalue weighted by Crippen LogP contribution is 2.39. The normalized spacial score (nSPS) is 23.4. The van der Waals surface area contributed by atoms with E-state index in [1.165, 1.54) is 30.4 Å². The molecule has 1 aliphatic rings. The van der Waals surface area contributed by atoms with E-state index in [0.717, 1.165) is 0 Å². The van der Waals surface area contributed by atoms with Crippen molar-refractivity contribution in [3.63, 3.8) is 0 Å². The van der Waals surface area contributed by atoms with Gasteiger partial charge in [-0.2, -0.15) is 0 Å². The molecule has 1 aliphatic carbocycles. The lowest BCUT2D eigenvalue weighted by Crippen LogP contribution is -2.43. The zero-order valence-electron chi connectivity index (χ0n) is 13.0. The van der Waals surface area contributed by atoms with Crippen LogP contribution in [-0.2, 0) is 0 Å². The van der Waals surface area contributed by atoms with Crippen molar-refractivity contribution in [3.05, 3.63) is 72.0 Å². The molecule has 25 heavy (non-hydrogen) atoms. The zero-order valence-corrected chi connectivity index (χ0v) is 13.0. The Morgan fingerprint density at radius 3 is 2.16 bits per heavy atom. The molecule has 0 aromatic heterocycles. The first-order chi connectivity index (χ1) is 11.9. The molecule has 0 saturated heterocycles. The molecule has 0 amide bonds. The lowest BCUT2D eigenvalue weighted by molar-refractivity contribution is -0.0485. The highest BCUT2D eigenvalue weighted by Gasteiger charge is 2.43. The Balaban J connectivity index is 2.05. The van der Waals surface area contributed by atoms with E-state index in [1.807, 2.05) is 0 Å². The fourth-order valence-electron chi connectivity index (χ4n) is 2.44. The van der Waals surface area contributed by atoms with Crippen LogP contribution < -0.4 is 0 Å². The van der Waals surface area contributed by atoms with Crippen LogP contribution in [0.1, 0.15) is 5.56 Å². The maximum absolute atomic E-state index is 10.7. The van der Waals surface area contributed by atoms with Crippen LogP contribution in [0.4, 0.5) is 5.69 Å². The number of aliphatic hydroxyl groups excluding tert-OH is 2. The minimum Gasteiger partial charge on any atom is -0.506 e. The summed E-state index contributed by atoms with van der Waals surface area (Å²) in [5.41, 5.74) is -1.85. The summed E-state index contributed by atoms with van der Waals surface area (Å²) in [6.07, 6.45) is 1.18. The van der Waals surface area contributed by atoms with E-state index in [9.17, 15) is 25.5 Å². The van der Waals surface area contributed by atoms with E-state index >= 15 is 0 Å². The van der Waals surface area contributed by atoms with Gasteiger partial charge in [0.15, 0.2) is 11.4 Å². The summed E-state index contributed by atoms with van der Waals surface area (Å²) in [7, 11) is 0. The number of aliphatic hydroxyl groups is 3. The monoisotopic (exact) mass is 340 g/mol. The van der Waals surface area contributed by atoms with Crippen molar-refractivity contribution in [1.29, 1.82) is 0 Å². The number of hydrogen-bond acceptors (Lipinski definition) is 7. The number of hydrogen-bond donors (Lipinski definition) is 5. The quantitative estimate of drug-likeness (QED) is 0.549. The maximum Gasteiger partial charge on any atom is 0.264 e. The standard InChI is InChI=1S/C18H16N2O5/c21-13-7-4-8-14(22)16(13)19-20-18(25)15(23)10-9-12(17(18)24)11-5-2-1-3-6-11/h1-10,15,21-25H. The van der Waals surface area contributed by atoms with Gasteiger partial charge >= 0.3 is 0 Å². The van der Waals surface area contributed by atoms with Crippen LogP contribution in [0.15, 0.2) is 76.7 Å². The molecule has 7 heteroatoms. The van der Waals surface area contributed by atoms with Gasteiger partial charge in [0, 0.05) is 5.57 Å². The Bertz CT molecular complexity index is 856. The number of phenols is 2. The lowest BCUT2D eigenvalue weighted by atomic mass is 9.91. The molecule has 7 nitrogen and oxygen atoms in total. The van der Waals surface area contributed by atoms with E-state index in [0.29, 0.717) is 5.56 Å². The molecule has 128 valence electrons. The topological polar surface area (TPSA) is 126 Å². The van der Waals surface area contributed by atoms with Crippen LogP contribution in [0.25, 0.3) is 5.57 Å². The number of aromatic hydroxyl groups is 2. The molecular formula is C18H16N2O5. The van der Waals surface area contributed by atoms with Crippen molar-refractivity contribution < 1.29 is 25.5 Å². The summed E-state index contributed by atoms with van der Waals surface area (Å²) in [5, 5.41) is 57.8. The highest BCUT2D eigenvalue weighted by molar-refractivity contribution is 5.78. The van der Waals surface area contributed by atoms with Crippen molar-refractivity contribution in [2.75, 3.05) is 0 Å². The van der Waals surface area contributed by atoms with Gasteiger partial charge in [-0.05, 0) is 23.8 Å². The molecule has 0 aliphatic heterocycles. The van der Waals surface area contributed by atoms with Crippen molar-refractivity contribution in [2.24, 2.45) is 10.2 Å². The minimum absolute atomic E-state index is 0.272. The smallest absolute Gasteiger partial charge is 0.264 e. The number of azo groups is 1. The molecule has 0 saturated carbocycles. The van der Waals surface area contributed by atoms with Crippen molar-refractivity contribution in [1.82, 2.24) is 0 Å². The SMILES string of the molecule is OC1=C(c2ccccc2)C=CC(O)C1(O)N=Nc1c(O)cccc1O. The second-order valence-electron chi connectivity index (χ2n) is 5.50. The highest BCUT2D eigenvalue weighted by atomic mass is 16.4. The van der Waals surface area contributed by atoms with Crippen LogP contribution >= 0.6 is 0 Å². The molecular weight excluding hydrogens is 324 g/mol. The van der Waals surface area contributed by atoms with Crippen molar-refractivity contribution >= 4 is 11.3 Å². The van der Waals surface area contributed by atoms with Crippen molar-refractivity contribution in [2.45, 2.75) is 11.8 Å². The summed E-state index contributed by atoms with van der Waals surface area (Å²) < 4.78 is 0. The largest absolute Gasteiger partial charge is 0.506 e. The molecule has 0 heterocycles. The van der Waals surface area contributed by atoms with E-state index in [-0.39, 0.29) is 22.8 Å². The van der Waals surface area contributed by atoms with E-state index in [1.54, 1.807) is 30.3 Å². The molecule has 5 N–H and O–H groups in total. The van der Waals surface area contributed by atoms with Gasteiger partial charge in [0.1, 0.15) is 17.6 Å². The van der Waals surface area contributed by atoms with Gasteiger partial charge in [0.05, 0.1) is 0 Å². The number of allylic oxidation sites excluding steroid dienone is 2. The molecule has 3 rings (SSSR count). The Kier molecular flexibility index (Phi) is 4.26. The predicted octanol–water partition coefficient (Wildman–Crippen LogP) is 2.77. The average molecular weight is 340 g/mol. The van der Waals surface area contributed by atoms with Crippen LogP contribution in [0.5, 0.6) is 11.5 Å². The van der Waals surface area contributed by atoms with Crippen LogP contribution in [0.3, 0.4) is 0 Å². The Morgan fingerprint density at radius 2 is 1.52 bits per heavy atom. The van der Waals surface area contributed by atoms with Gasteiger partial charge in [-0.25, -0.2) is 0 Å².